The van der Waals surface area contributed by atoms with Crippen LogP contribution in [0.1, 0.15) is 25.0 Å². The highest BCUT2D eigenvalue weighted by Crippen LogP contribution is 2.20. The molecule has 1 atom stereocenters. The van der Waals surface area contributed by atoms with Crippen LogP contribution in [0.5, 0.6) is 0 Å². The van der Waals surface area contributed by atoms with E-state index in [1.807, 2.05) is 6.92 Å². The van der Waals surface area contributed by atoms with Crippen molar-refractivity contribution in [3.05, 3.63) is 39.9 Å². The summed E-state index contributed by atoms with van der Waals surface area (Å²) in [5.74, 6) is 0. The summed E-state index contributed by atoms with van der Waals surface area (Å²) < 4.78 is 24.8. The lowest BCUT2D eigenvalue weighted by atomic mass is 10.1. The molecule has 0 aromatic heterocycles. The quantitative estimate of drug-likeness (QED) is 0.590. The number of nitro groups is 1. The maximum absolute atomic E-state index is 12.4. The Hall–Kier alpha value is -1.60. The fourth-order valence-corrected chi connectivity index (χ4v) is 1.96. The first-order valence-corrected chi connectivity index (χ1v) is 6.37. The number of hydrogen-bond donors (Lipinski definition) is 1. The summed E-state index contributed by atoms with van der Waals surface area (Å²) in [5, 5.41) is 20.7. The summed E-state index contributed by atoms with van der Waals surface area (Å²) in [7, 11) is 0. The standard InChI is InChI=1S/C13H18F2N2O3/c1-2-6-16(9-13(14)15)8-12(18)10-4-3-5-11(7-10)17(19)20/h3-5,7,12-13,18H,2,6,8-9H2,1H3. The SMILES string of the molecule is CCCN(CC(F)F)CC(O)c1cccc([N+](=O)[O-])c1. The van der Waals surface area contributed by atoms with Crippen molar-refractivity contribution >= 4 is 5.69 Å². The van der Waals surface area contributed by atoms with Gasteiger partial charge in [-0.2, -0.15) is 0 Å². The number of rotatable bonds is 8. The molecule has 0 saturated heterocycles. The van der Waals surface area contributed by atoms with Gasteiger partial charge < -0.3 is 5.11 Å². The fraction of sp³-hybridized carbons (Fsp3) is 0.538. The topological polar surface area (TPSA) is 66.6 Å². The molecule has 0 aliphatic carbocycles. The molecule has 1 aromatic carbocycles. The molecular formula is C13H18F2N2O3. The predicted octanol–water partition coefficient (Wildman–Crippen LogP) is 2.61. The highest BCUT2D eigenvalue weighted by molar-refractivity contribution is 5.35. The molecule has 1 rings (SSSR count). The molecule has 0 spiro atoms. The first-order valence-electron chi connectivity index (χ1n) is 6.37. The second kappa shape index (κ2) is 7.86. The zero-order valence-corrected chi connectivity index (χ0v) is 11.2. The molecule has 0 saturated carbocycles. The van der Waals surface area contributed by atoms with Crippen LogP contribution in [-0.2, 0) is 0 Å². The molecular weight excluding hydrogens is 270 g/mol. The molecule has 1 unspecified atom stereocenters. The van der Waals surface area contributed by atoms with Gasteiger partial charge in [0.2, 0.25) is 0 Å². The summed E-state index contributed by atoms with van der Waals surface area (Å²) in [6.45, 7) is 1.91. The zero-order valence-electron chi connectivity index (χ0n) is 11.2. The molecule has 0 radical (unpaired) electrons. The molecule has 0 aliphatic heterocycles. The van der Waals surface area contributed by atoms with Crippen molar-refractivity contribution < 1.29 is 18.8 Å². The van der Waals surface area contributed by atoms with E-state index >= 15 is 0 Å². The minimum Gasteiger partial charge on any atom is -0.387 e. The number of benzene rings is 1. The van der Waals surface area contributed by atoms with Crippen molar-refractivity contribution in [1.29, 1.82) is 0 Å². The number of non-ortho nitro benzene ring substituents is 1. The number of aliphatic hydroxyl groups excluding tert-OH is 1. The van der Waals surface area contributed by atoms with E-state index in [-0.39, 0.29) is 12.2 Å². The van der Waals surface area contributed by atoms with E-state index < -0.39 is 24.0 Å². The molecule has 7 heteroatoms. The Morgan fingerprint density at radius 2 is 2.10 bits per heavy atom. The average Bonchev–Trinajstić information content (AvgIpc) is 2.38. The van der Waals surface area contributed by atoms with Crippen LogP contribution in [0.25, 0.3) is 0 Å². The Kier molecular flexibility index (Phi) is 6.47. The van der Waals surface area contributed by atoms with Gasteiger partial charge in [-0.3, -0.25) is 15.0 Å². The number of aliphatic hydroxyl groups is 1. The maximum Gasteiger partial charge on any atom is 0.269 e. The molecule has 5 nitrogen and oxygen atoms in total. The maximum atomic E-state index is 12.4. The highest BCUT2D eigenvalue weighted by atomic mass is 19.3. The van der Waals surface area contributed by atoms with Gasteiger partial charge in [-0.25, -0.2) is 8.78 Å². The fourth-order valence-electron chi connectivity index (χ4n) is 1.96. The smallest absolute Gasteiger partial charge is 0.269 e. The van der Waals surface area contributed by atoms with Gasteiger partial charge in [0, 0.05) is 18.7 Å². The van der Waals surface area contributed by atoms with Crippen molar-refractivity contribution in [3.8, 4) is 0 Å². The Morgan fingerprint density at radius 1 is 1.40 bits per heavy atom. The van der Waals surface area contributed by atoms with Gasteiger partial charge in [-0.15, -0.1) is 0 Å². The van der Waals surface area contributed by atoms with Gasteiger partial charge in [-0.1, -0.05) is 19.1 Å². The summed E-state index contributed by atoms with van der Waals surface area (Å²) in [6, 6.07) is 5.59. The summed E-state index contributed by atoms with van der Waals surface area (Å²) in [6.07, 6.45) is -2.81. The molecule has 0 heterocycles. The van der Waals surface area contributed by atoms with E-state index in [9.17, 15) is 24.0 Å². The van der Waals surface area contributed by atoms with E-state index in [4.69, 9.17) is 0 Å². The van der Waals surface area contributed by atoms with Crippen molar-refractivity contribution in [1.82, 2.24) is 4.90 Å². The predicted molar refractivity (Wildman–Crippen MR) is 70.8 cm³/mol. The first kappa shape index (κ1) is 16.5. The van der Waals surface area contributed by atoms with Gasteiger partial charge >= 0.3 is 0 Å². The molecule has 0 bridgehead atoms. The Labute approximate surface area is 116 Å². The molecule has 112 valence electrons. The number of nitrogens with zero attached hydrogens (tertiary/aromatic N) is 2. The van der Waals surface area contributed by atoms with Crippen LogP contribution in [0.4, 0.5) is 14.5 Å². The molecule has 0 aliphatic rings. The van der Waals surface area contributed by atoms with Gasteiger partial charge in [0.05, 0.1) is 17.6 Å². The lowest BCUT2D eigenvalue weighted by molar-refractivity contribution is -0.385. The monoisotopic (exact) mass is 288 g/mol. The van der Waals surface area contributed by atoms with E-state index in [1.54, 1.807) is 6.07 Å². The number of halogens is 2. The van der Waals surface area contributed by atoms with Crippen LogP contribution in [0.3, 0.4) is 0 Å². The minimum absolute atomic E-state index is 0.0271. The second-order valence-corrected chi connectivity index (χ2v) is 4.52. The first-order chi connectivity index (χ1) is 9.43. The third-order valence-electron chi connectivity index (χ3n) is 2.83. The highest BCUT2D eigenvalue weighted by Gasteiger charge is 2.18. The van der Waals surface area contributed by atoms with Crippen LogP contribution in [0.2, 0.25) is 0 Å². The molecule has 0 amide bonds. The Balaban J connectivity index is 2.74. The number of nitro benzene ring substituents is 1. The molecule has 1 N–H and O–H groups in total. The van der Waals surface area contributed by atoms with E-state index in [1.165, 1.54) is 23.1 Å². The van der Waals surface area contributed by atoms with Crippen molar-refractivity contribution in [2.45, 2.75) is 25.9 Å². The summed E-state index contributed by atoms with van der Waals surface area (Å²) in [4.78, 5) is 11.6. The lowest BCUT2D eigenvalue weighted by Crippen LogP contribution is -2.33. The van der Waals surface area contributed by atoms with Gasteiger partial charge in [-0.05, 0) is 18.5 Å². The van der Waals surface area contributed by atoms with E-state index in [0.29, 0.717) is 18.5 Å². The van der Waals surface area contributed by atoms with Gasteiger partial charge in [0.25, 0.3) is 12.1 Å². The lowest BCUT2D eigenvalue weighted by Gasteiger charge is -2.24. The largest absolute Gasteiger partial charge is 0.387 e. The Morgan fingerprint density at radius 3 is 2.65 bits per heavy atom. The third kappa shape index (κ3) is 5.18. The minimum atomic E-state index is -2.47. The van der Waals surface area contributed by atoms with Crippen LogP contribution in [0, 0.1) is 10.1 Å². The van der Waals surface area contributed by atoms with Crippen LogP contribution < -0.4 is 0 Å². The van der Waals surface area contributed by atoms with Crippen LogP contribution in [0.15, 0.2) is 24.3 Å². The van der Waals surface area contributed by atoms with Crippen LogP contribution >= 0.6 is 0 Å². The molecule has 1 aromatic rings. The van der Waals surface area contributed by atoms with Gasteiger partial charge in [0.1, 0.15) is 0 Å². The molecule has 0 fully saturated rings. The van der Waals surface area contributed by atoms with E-state index in [0.717, 1.165) is 0 Å². The zero-order chi connectivity index (χ0) is 15.1. The number of alkyl halides is 2. The average molecular weight is 288 g/mol. The molecule has 20 heavy (non-hydrogen) atoms. The van der Waals surface area contributed by atoms with Crippen molar-refractivity contribution in [2.24, 2.45) is 0 Å². The van der Waals surface area contributed by atoms with Crippen LogP contribution in [-0.4, -0.2) is 41.0 Å². The van der Waals surface area contributed by atoms with E-state index in [2.05, 4.69) is 0 Å². The van der Waals surface area contributed by atoms with Gasteiger partial charge in [0.15, 0.2) is 0 Å². The second-order valence-electron chi connectivity index (χ2n) is 4.52. The third-order valence-corrected chi connectivity index (χ3v) is 2.83. The van der Waals surface area contributed by atoms with Crippen molar-refractivity contribution in [2.75, 3.05) is 19.6 Å². The normalized spacial score (nSPS) is 12.9. The summed E-state index contributed by atoms with van der Waals surface area (Å²) >= 11 is 0. The summed E-state index contributed by atoms with van der Waals surface area (Å²) in [5.41, 5.74) is 0.229. The Bertz CT molecular complexity index is 443. The van der Waals surface area contributed by atoms with Crippen molar-refractivity contribution in [3.63, 3.8) is 0 Å². The number of hydrogen-bond acceptors (Lipinski definition) is 4.